The van der Waals surface area contributed by atoms with Crippen molar-refractivity contribution in [3.63, 3.8) is 0 Å². The Bertz CT molecular complexity index is 1310. The summed E-state index contributed by atoms with van der Waals surface area (Å²) in [6.45, 7) is 3.93. The van der Waals surface area contributed by atoms with Crippen molar-refractivity contribution in [2.75, 3.05) is 57.6 Å². The number of likely N-dealkylation sites (N-methyl/N-ethyl adjacent to an activating group) is 2. The minimum atomic E-state index is 0.156. The number of benzene rings is 1. The Morgan fingerprint density at radius 3 is 2.66 bits per heavy atom. The molecule has 3 aliphatic rings. The average molecular weight is 514 g/mol. The van der Waals surface area contributed by atoms with Gasteiger partial charge in [0.25, 0.3) is 0 Å². The number of ether oxygens (including phenoxy) is 1. The fraction of sp³-hybridized carbons (Fsp3) is 0.379. The van der Waals surface area contributed by atoms with Gasteiger partial charge >= 0.3 is 0 Å². The fourth-order valence-electron chi connectivity index (χ4n) is 4.85. The summed E-state index contributed by atoms with van der Waals surface area (Å²) < 4.78 is 5.68. The molecule has 198 valence electrons. The maximum absolute atomic E-state index is 13.0. The molecule has 1 unspecified atom stereocenters. The predicted octanol–water partition coefficient (Wildman–Crippen LogP) is 4.11. The van der Waals surface area contributed by atoms with E-state index in [1.807, 2.05) is 55.5 Å². The van der Waals surface area contributed by atoms with Gasteiger partial charge in [-0.15, -0.1) is 0 Å². The highest BCUT2D eigenvalue weighted by Gasteiger charge is 2.18. The molecule has 0 saturated heterocycles. The molecular formula is C29H35N7O2. The standard InChI is InChI=1S/C29H35N7O2/c1-34-15-16-35(2)28(37)17-21-5-4-13-36(14-11-21)20-23-18-24(7-8-26(23)38-3)32-29-30-12-10-25(33-29)22-6-9-27(34)31-19-22/h5-10,12,18-19H,4,11,13-17,20H2,1-3H3,(H,30,32,33). The first kappa shape index (κ1) is 25.7. The predicted molar refractivity (Wildman–Crippen MR) is 150 cm³/mol. The first-order chi connectivity index (χ1) is 18.5. The third-order valence-electron chi connectivity index (χ3n) is 7.22. The second kappa shape index (κ2) is 11.6. The lowest BCUT2D eigenvalue weighted by Gasteiger charge is -2.24. The van der Waals surface area contributed by atoms with E-state index in [1.54, 1.807) is 13.3 Å². The molecule has 3 aliphatic heterocycles. The molecule has 1 aromatic carbocycles. The van der Waals surface area contributed by atoms with Crippen molar-refractivity contribution >= 4 is 23.4 Å². The number of amides is 1. The van der Waals surface area contributed by atoms with E-state index in [9.17, 15) is 4.79 Å². The Morgan fingerprint density at radius 2 is 1.84 bits per heavy atom. The number of carbonyl (C=O) groups excluding carboxylic acids is 1. The molecule has 9 nitrogen and oxygen atoms in total. The van der Waals surface area contributed by atoms with Crippen LogP contribution in [0, 0.1) is 0 Å². The SMILES string of the molecule is COc1ccc2cc1CN1CCC=C(CC1)CC(=O)N(C)CCN(C)c1ccc(cn1)-c1ccnc(n1)N2. The van der Waals surface area contributed by atoms with Crippen molar-refractivity contribution in [3.05, 3.63) is 66.0 Å². The van der Waals surface area contributed by atoms with E-state index in [-0.39, 0.29) is 5.91 Å². The van der Waals surface area contributed by atoms with Gasteiger partial charge in [0.1, 0.15) is 11.6 Å². The Labute approximate surface area is 224 Å². The smallest absolute Gasteiger partial charge is 0.227 e. The molecule has 0 spiro atoms. The lowest BCUT2D eigenvalue weighted by Crippen LogP contribution is -2.35. The van der Waals surface area contributed by atoms with Crippen LogP contribution in [-0.2, 0) is 11.3 Å². The monoisotopic (exact) mass is 513 g/mol. The minimum Gasteiger partial charge on any atom is -0.496 e. The second-order valence-corrected chi connectivity index (χ2v) is 9.91. The summed E-state index contributed by atoms with van der Waals surface area (Å²) in [6, 6.07) is 11.9. The molecule has 0 radical (unpaired) electrons. The number of methoxy groups -OCH3 is 1. The summed E-state index contributed by atoms with van der Waals surface area (Å²) in [5.41, 5.74) is 4.91. The normalized spacial score (nSPS) is 18.7. The van der Waals surface area contributed by atoms with Crippen LogP contribution >= 0.6 is 0 Å². The van der Waals surface area contributed by atoms with Gasteiger partial charge in [-0.05, 0) is 49.2 Å². The zero-order chi connectivity index (χ0) is 26.5. The molecule has 1 atom stereocenters. The summed E-state index contributed by atoms with van der Waals surface area (Å²) in [4.78, 5) is 33.1. The van der Waals surface area contributed by atoms with Crippen LogP contribution in [0.1, 0.15) is 24.8 Å². The summed E-state index contributed by atoms with van der Waals surface area (Å²) >= 11 is 0. The number of rotatable bonds is 1. The third-order valence-corrected chi connectivity index (χ3v) is 7.22. The molecule has 8 bridgehead atoms. The van der Waals surface area contributed by atoms with Gasteiger partial charge in [-0.3, -0.25) is 9.69 Å². The van der Waals surface area contributed by atoms with Crippen LogP contribution in [0.2, 0.25) is 0 Å². The number of hydrogen-bond donors (Lipinski definition) is 1. The van der Waals surface area contributed by atoms with Crippen molar-refractivity contribution in [1.82, 2.24) is 24.8 Å². The molecule has 0 fully saturated rings. The Balaban J connectivity index is 1.46. The van der Waals surface area contributed by atoms with Crippen molar-refractivity contribution in [2.24, 2.45) is 0 Å². The van der Waals surface area contributed by atoms with Gasteiger partial charge in [-0.1, -0.05) is 11.6 Å². The van der Waals surface area contributed by atoms with Gasteiger partial charge in [0, 0.05) is 82.4 Å². The highest BCUT2D eigenvalue weighted by molar-refractivity contribution is 5.78. The molecule has 5 heterocycles. The number of fused-ring (bicyclic) bond motifs is 7. The van der Waals surface area contributed by atoms with Crippen LogP contribution in [0.4, 0.5) is 17.5 Å². The summed E-state index contributed by atoms with van der Waals surface area (Å²) in [7, 11) is 5.58. The second-order valence-electron chi connectivity index (χ2n) is 9.91. The maximum atomic E-state index is 13.0. The van der Waals surface area contributed by atoms with Gasteiger partial charge in [0.05, 0.1) is 12.8 Å². The quantitative estimate of drug-likeness (QED) is 0.487. The Kier molecular flexibility index (Phi) is 7.83. The van der Waals surface area contributed by atoms with Gasteiger partial charge in [-0.25, -0.2) is 15.0 Å². The van der Waals surface area contributed by atoms with Crippen molar-refractivity contribution in [3.8, 4) is 17.0 Å². The van der Waals surface area contributed by atoms with E-state index in [2.05, 4.69) is 37.2 Å². The molecule has 0 saturated carbocycles. The summed E-state index contributed by atoms with van der Waals surface area (Å²) in [5.74, 6) is 2.38. The number of aromatic nitrogens is 3. The van der Waals surface area contributed by atoms with E-state index >= 15 is 0 Å². The van der Waals surface area contributed by atoms with Crippen molar-refractivity contribution in [1.29, 1.82) is 0 Å². The number of anilines is 3. The Morgan fingerprint density at radius 1 is 0.974 bits per heavy atom. The highest BCUT2D eigenvalue weighted by atomic mass is 16.5. The van der Waals surface area contributed by atoms with E-state index in [0.717, 1.165) is 66.6 Å². The lowest BCUT2D eigenvalue weighted by atomic mass is 10.1. The van der Waals surface area contributed by atoms with Gasteiger partial charge < -0.3 is 19.9 Å². The molecule has 6 rings (SSSR count). The van der Waals surface area contributed by atoms with E-state index in [0.29, 0.717) is 25.5 Å². The highest BCUT2D eigenvalue weighted by Crippen LogP contribution is 2.28. The van der Waals surface area contributed by atoms with Gasteiger partial charge in [0.2, 0.25) is 11.9 Å². The molecule has 2 aromatic heterocycles. The van der Waals surface area contributed by atoms with Crippen LogP contribution in [0.25, 0.3) is 11.3 Å². The fourth-order valence-corrected chi connectivity index (χ4v) is 4.85. The number of hydrogen-bond acceptors (Lipinski definition) is 8. The first-order valence-corrected chi connectivity index (χ1v) is 13.1. The molecule has 0 aliphatic carbocycles. The van der Waals surface area contributed by atoms with Crippen LogP contribution in [0.5, 0.6) is 5.75 Å². The van der Waals surface area contributed by atoms with Gasteiger partial charge in [0.15, 0.2) is 0 Å². The zero-order valence-corrected chi connectivity index (χ0v) is 22.4. The van der Waals surface area contributed by atoms with E-state index < -0.39 is 0 Å². The van der Waals surface area contributed by atoms with E-state index in [1.165, 1.54) is 5.57 Å². The lowest BCUT2D eigenvalue weighted by molar-refractivity contribution is -0.129. The third kappa shape index (κ3) is 6.11. The molecule has 38 heavy (non-hydrogen) atoms. The van der Waals surface area contributed by atoms with Crippen LogP contribution in [-0.4, -0.2) is 78.0 Å². The topological polar surface area (TPSA) is 86.7 Å². The number of nitrogens with zero attached hydrogens (tertiary/aromatic N) is 6. The van der Waals surface area contributed by atoms with Crippen LogP contribution in [0.15, 0.2) is 60.4 Å². The van der Waals surface area contributed by atoms with E-state index in [4.69, 9.17) is 9.72 Å². The summed E-state index contributed by atoms with van der Waals surface area (Å²) in [6.07, 6.45) is 8.11. The molecule has 1 N–H and O–H groups in total. The largest absolute Gasteiger partial charge is 0.496 e. The van der Waals surface area contributed by atoms with Crippen LogP contribution in [0.3, 0.4) is 0 Å². The molecule has 3 aromatic rings. The van der Waals surface area contributed by atoms with Gasteiger partial charge in [-0.2, -0.15) is 0 Å². The first-order valence-electron chi connectivity index (χ1n) is 13.1. The number of nitrogens with one attached hydrogen (secondary N) is 1. The number of carbonyl (C=O) groups is 1. The molecular weight excluding hydrogens is 478 g/mol. The summed E-state index contributed by atoms with van der Waals surface area (Å²) in [5, 5.41) is 3.36. The average Bonchev–Trinajstić information content (AvgIpc) is 3.16. The molecule has 1 amide bonds. The number of pyridine rings is 1. The van der Waals surface area contributed by atoms with Crippen molar-refractivity contribution < 1.29 is 9.53 Å². The molecule has 9 heteroatoms. The van der Waals surface area contributed by atoms with Crippen LogP contribution < -0.4 is 15.0 Å². The Hall–Kier alpha value is -3.98. The van der Waals surface area contributed by atoms with Crippen molar-refractivity contribution in [2.45, 2.75) is 25.8 Å². The maximum Gasteiger partial charge on any atom is 0.227 e. The minimum absolute atomic E-state index is 0.156. The zero-order valence-electron chi connectivity index (χ0n) is 22.4.